The summed E-state index contributed by atoms with van der Waals surface area (Å²) < 4.78 is 0.965. The fourth-order valence-electron chi connectivity index (χ4n) is 2.89. The van der Waals surface area contributed by atoms with Gasteiger partial charge in [-0.1, -0.05) is 13.8 Å². The van der Waals surface area contributed by atoms with E-state index in [1.807, 2.05) is 24.5 Å². The highest BCUT2D eigenvalue weighted by Crippen LogP contribution is 2.34. The molecule has 0 spiro atoms. The highest BCUT2D eigenvalue weighted by atomic mass is 79.9. The van der Waals surface area contributed by atoms with Crippen LogP contribution in [0.15, 0.2) is 29.0 Å². The van der Waals surface area contributed by atoms with Gasteiger partial charge in [0, 0.05) is 22.9 Å². The zero-order chi connectivity index (χ0) is 13.4. The fourth-order valence-corrected chi connectivity index (χ4v) is 3.21. The molecule has 19 heavy (non-hydrogen) atoms. The maximum atomic E-state index is 4.49. The van der Waals surface area contributed by atoms with Gasteiger partial charge in [-0.05, 0) is 52.7 Å². The van der Waals surface area contributed by atoms with Gasteiger partial charge in [-0.2, -0.15) is 0 Å². The Bertz CT molecular complexity index is 599. The lowest BCUT2D eigenvalue weighted by Crippen LogP contribution is -2.24. The summed E-state index contributed by atoms with van der Waals surface area (Å²) >= 11 is 3.44. The molecular formula is C15H18BrN3. The molecule has 0 radical (unpaired) electrons. The highest BCUT2D eigenvalue weighted by molar-refractivity contribution is 9.10. The first-order chi connectivity index (χ1) is 9.15. The normalized spacial score (nSPS) is 26.8. The zero-order valence-electron chi connectivity index (χ0n) is 11.2. The van der Waals surface area contributed by atoms with Crippen LogP contribution in [0.25, 0.3) is 11.0 Å². The average Bonchev–Trinajstić information content (AvgIpc) is 2.71. The van der Waals surface area contributed by atoms with E-state index in [0.29, 0.717) is 12.0 Å². The van der Waals surface area contributed by atoms with Gasteiger partial charge >= 0.3 is 0 Å². The standard InChI is InChI=1S/C15H18BrN3/c1-9-3-4-12(10(9)2)19-13-5-6-17-14-7-11(16)8-18-15(13)14/h5-10,12H,3-4H2,1-2H3,(H,17,19). The minimum atomic E-state index is 0.547. The molecule has 0 saturated heterocycles. The van der Waals surface area contributed by atoms with E-state index >= 15 is 0 Å². The Morgan fingerprint density at radius 2 is 2.11 bits per heavy atom. The number of anilines is 1. The minimum absolute atomic E-state index is 0.547. The summed E-state index contributed by atoms with van der Waals surface area (Å²) in [6, 6.07) is 4.58. The molecule has 1 aliphatic rings. The largest absolute Gasteiger partial charge is 0.380 e. The van der Waals surface area contributed by atoms with Crippen molar-refractivity contribution in [1.29, 1.82) is 0 Å². The van der Waals surface area contributed by atoms with E-state index in [-0.39, 0.29) is 0 Å². The molecule has 3 rings (SSSR count). The van der Waals surface area contributed by atoms with Gasteiger partial charge in [0.05, 0.1) is 11.2 Å². The first-order valence-corrected chi connectivity index (χ1v) is 7.61. The Morgan fingerprint density at radius 1 is 1.26 bits per heavy atom. The van der Waals surface area contributed by atoms with Crippen molar-refractivity contribution in [2.24, 2.45) is 11.8 Å². The third-order valence-electron chi connectivity index (χ3n) is 4.35. The Balaban J connectivity index is 1.93. The summed E-state index contributed by atoms with van der Waals surface area (Å²) in [5, 5.41) is 3.67. The Kier molecular flexibility index (Phi) is 3.44. The molecule has 1 saturated carbocycles. The van der Waals surface area contributed by atoms with Gasteiger partial charge in [-0.25, -0.2) is 0 Å². The fraction of sp³-hybridized carbons (Fsp3) is 0.467. The number of pyridine rings is 2. The lowest BCUT2D eigenvalue weighted by Gasteiger charge is -2.21. The predicted octanol–water partition coefficient (Wildman–Crippen LogP) is 4.24. The van der Waals surface area contributed by atoms with E-state index in [0.717, 1.165) is 27.1 Å². The minimum Gasteiger partial charge on any atom is -0.380 e. The van der Waals surface area contributed by atoms with Crippen molar-refractivity contribution in [3.05, 3.63) is 29.0 Å². The van der Waals surface area contributed by atoms with Gasteiger partial charge < -0.3 is 5.32 Å². The van der Waals surface area contributed by atoms with Crippen molar-refractivity contribution in [3.8, 4) is 0 Å². The molecule has 3 atom stereocenters. The third kappa shape index (κ3) is 2.46. The molecule has 1 fully saturated rings. The second-order valence-corrected chi connectivity index (χ2v) is 6.46. The molecule has 1 aliphatic carbocycles. The van der Waals surface area contributed by atoms with Crippen LogP contribution in [0.4, 0.5) is 5.69 Å². The molecule has 2 aromatic rings. The Labute approximate surface area is 122 Å². The molecule has 0 amide bonds. The lowest BCUT2D eigenvalue weighted by atomic mass is 9.97. The van der Waals surface area contributed by atoms with Crippen molar-refractivity contribution in [2.45, 2.75) is 32.7 Å². The quantitative estimate of drug-likeness (QED) is 0.899. The summed E-state index contributed by atoms with van der Waals surface area (Å²) in [5.41, 5.74) is 2.99. The summed E-state index contributed by atoms with van der Waals surface area (Å²) in [5.74, 6) is 1.51. The van der Waals surface area contributed by atoms with Gasteiger partial charge in [-0.15, -0.1) is 0 Å². The SMILES string of the molecule is CC1CCC(Nc2ccnc3cc(Br)cnc23)C1C. The number of halogens is 1. The molecule has 3 nitrogen and oxygen atoms in total. The van der Waals surface area contributed by atoms with Crippen LogP contribution in [0, 0.1) is 11.8 Å². The van der Waals surface area contributed by atoms with Gasteiger partial charge in [0.25, 0.3) is 0 Å². The van der Waals surface area contributed by atoms with Crippen LogP contribution in [0.1, 0.15) is 26.7 Å². The topological polar surface area (TPSA) is 37.8 Å². The van der Waals surface area contributed by atoms with Crippen molar-refractivity contribution in [3.63, 3.8) is 0 Å². The van der Waals surface area contributed by atoms with Gasteiger partial charge in [-0.3, -0.25) is 9.97 Å². The van der Waals surface area contributed by atoms with Crippen LogP contribution in [0.5, 0.6) is 0 Å². The molecule has 1 N–H and O–H groups in total. The number of fused-ring (bicyclic) bond motifs is 1. The second kappa shape index (κ2) is 5.08. The number of hydrogen-bond acceptors (Lipinski definition) is 3. The van der Waals surface area contributed by atoms with Crippen molar-refractivity contribution < 1.29 is 0 Å². The van der Waals surface area contributed by atoms with E-state index in [1.165, 1.54) is 12.8 Å². The summed E-state index contributed by atoms with van der Waals surface area (Å²) in [7, 11) is 0. The van der Waals surface area contributed by atoms with E-state index in [9.17, 15) is 0 Å². The Hall–Kier alpha value is -1.16. The van der Waals surface area contributed by atoms with Crippen LogP contribution < -0.4 is 5.32 Å². The molecule has 0 aromatic carbocycles. The third-order valence-corrected chi connectivity index (χ3v) is 4.78. The molecule has 3 unspecified atom stereocenters. The number of aromatic nitrogens is 2. The maximum absolute atomic E-state index is 4.49. The van der Waals surface area contributed by atoms with Crippen LogP contribution in [0.3, 0.4) is 0 Å². The first-order valence-electron chi connectivity index (χ1n) is 6.82. The van der Waals surface area contributed by atoms with Crippen LogP contribution in [-0.4, -0.2) is 16.0 Å². The van der Waals surface area contributed by atoms with Crippen LogP contribution in [-0.2, 0) is 0 Å². The molecule has 2 heterocycles. The Morgan fingerprint density at radius 3 is 2.84 bits per heavy atom. The smallest absolute Gasteiger partial charge is 0.112 e. The molecule has 0 bridgehead atoms. The molecule has 100 valence electrons. The van der Waals surface area contributed by atoms with E-state index in [4.69, 9.17) is 0 Å². The molecular weight excluding hydrogens is 302 g/mol. The number of nitrogens with one attached hydrogen (secondary N) is 1. The maximum Gasteiger partial charge on any atom is 0.112 e. The van der Waals surface area contributed by atoms with Crippen molar-refractivity contribution >= 4 is 32.7 Å². The van der Waals surface area contributed by atoms with Gasteiger partial charge in [0.1, 0.15) is 5.52 Å². The zero-order valence-corrected chi connectivity index (χ0v) is 12.8. The predicted molar refractivity (Wildman–Crippen MR) is 82.2 cm³/mol. The number of nitrogens with zero attached hydrogens (tertiary/aromatic N) is 2. The summed E-state index contributed by atoms with van der Waals surface area (Å²) in [6.07, 6.45) is 6.22. The summed E-state index contributed by atoms with van der Waals surface area (Å²) in [6.45, 7) is 4.68. The van der Waals surface area contributed by atoms with E-state index in [1.54, 1.807) is 0 Å². The number of hydrogen-bond donors (Lipinski definition) is 1. The summed E-state index contributed by atoms with van der Waals surface area (Å²) in [4.78, 5) is 8.87. The molecule has 4 heteroatoms. The monoisotopic (exact) mass is 319 g/mol. The van der Waals surface area contributed by atoms with E-state index < -0.39 is 0 Å². The highest BCUT2D eigenvalue weighted by Gasteiger charge is 2.29. The molecule has 2 aromatic heterocycles. The average molecular weight is 320 g/mol. The van der Waals surface area contributed by atoms with Crippen LogP contribution in [0.2, 0.25) is 0 Å². The lowest BCUT2D eigenvalue weighted by molar-refractivity contribution is 0.435. The van der Waals surface area contributed by atoms with Crippen molar-refractivity contribution in [2.75, 3.05) is 5.32 Å². The van der Waals surface area contributed by atoms with Crippen LogP contribution >= 0.6 is 15.9 Å². The molecule has 0 aliphatic heterocycles. The number of rotatable bonds is 2. The van der Waals surface area contributed by atoms with E-state index in [2.05, 4.69) is 45.1 Å². The van der Waals surface area contributed by atoms with Gasteiger partial charge in [0.2, 0.25) is 0 Å². The van der Waals surface area contributed by atoms with Gasteiger partial charge in [0.15, 0.2) is 0 Å². The second-order valence-electron chi connectivity index (χ2n) is 5.54. The van der Waals surface area contributed by atoms with Crippen molar-refractivity contribution in [1.82, 2.24) is 9.97 Å². The first kappa shape index (κ1) is 12.9.